The predicted octanol–water partition coefficient (Wildman–Crippen LogP) is -1.05. The Kier molecular flexibility index (Phi) is 3.31. The highest BCUT2D eigenvalue weighted by Gasteiger charge is 2.22. The van der Waals surface area contributed by atoms with Crippen LogP contribution in [-0.2, 0) is 18.9 Å². The number of nitrogens with zero attached hydrogens (tertiary/aromatic N) is 2. The molecular weight excluding hydrogens is 228 g/mol. The Morgan fingerprint density at radius 1 is 1.18 bits per heavy atom. The van der Waals surface area contributed by atoms with Crippen molar-refractivity contribution in [3.8, 4) is 5.88 Å². The summed E-state index contributed by atoms with van der Waals surface area (Å²) < 4.78 is 1.47. The fraction of sp³-hybridized carbons (Fsp3) is 0.400. The minimum absolute atomic E-state index is 0.426. The van der Waals surface area contributed by atoms with Crippen LogP contribution in [0.5, 0.6) is 5.88 Å². The van der Waals surface area contributed by atoms with Crippen molar-refractivity contribution in [1.29, 1.82) is 0 Å². The Bertz CT molecular complexity index is 608. The van der Waals surface area contributed by atoms with Crippen molar-refractivity contribution >= 4 is 11.6 Å². The highest BCUT2D eigenvalue weighted by atomic mass is 16.3. The molecule has 0 radical (unpaired) electrons. The third-order valence-electron chi connectivity index (χ3n) is 2.32. The van der Waals surface area contributed by atoms with Gasteiger partial charge < -0.3 is 5.11 Å². The molecule has 0 spiro atoms. The van der Waals surface area contributed by atoms with E-state index < -0.39 is 40.7 Å². The van der Waals surface area contributed by atoms with Gasteiger partial charge in [-0.1, -0.05) is 0 Å². The van der Waals surface area contributed by atoms with Gasteiger partial charge in [0.05, 0.1) is 6.42 Å². The lowest BCUT2D eigenvalue weighted by Gasteiger charge is -2.08. The fourth-order valence-corrected chi connectivity index (χ4v) is 1.39. The van der Waals surface area contributed by atoms with E-state index in [-0.39, 0.29) is 0 Å². The van der Waals surface area contributed by atoms with E-state index in [1.165, 1.54) is 21.0 Å². The first-order valence-electron chi connectivity index (χ1n) is 4.79. The fourth-order valence-electron chi connectivity index (χ4n) is 1.39. The number of aromatic hydroxyl groups is 1. The molecule has 0 saturated heterocycles. The van der Waals surface area contributed by atoms with Crippen molar-refractivity contribution in [2.24, 2.45) is 14.1 Å². The summed E-state index contributed by atoms with van der Waals surface area (Å²) in [5.41, 5.74) is -2.19. The van der Waals surface area contributed by atoms with E-state index in [0.29, 0.717) is 4.57 Å². The van der Waals surface area contributed by atoms with Gasteiger partial charge in [0.15, 0.2) is 5.78 Å². The molecule has 0 amide bonds. The quantitative estimate of drug-likeness (QED) is 0.537. The van der Waals surface area contributed by atoms with Gasteiger partial charge in [-0.15, -0.1) is 0 Å². The zero-order valence-electron chi connectivity index (χ0n) is 9.68. The van der Waals surface area contributed by atoms with E-state index in [1.54, 1.807) is 0 Å². The molecule has 92 valence electrons. The number of hydrogen-bond donors (Lipinski definition) is 1. The van der Waals surface area contributed by atoms with Crippen molar-refractivity contribution in [2.45, 2.75) is 13.3 Å². The lowest BCUT2D eigenvalue weighted by molar-refractivity contribution is -0.116. The molecule has 1 heterocycles. The van der Waals surface area contributed by atoms with Gasteiger partial charge in [-0.2, -0.15) is 0 Å². The maximum Gasteiger partial charge on any atom is 0.333 e. The number of hydrogen-bond acceptors (Lipinski definition) is 5. The molecule has 0 aromatic carbocycles. The molecule has 0 saturated carbocycles. The van der Waals surface area contributed by atoms with E-state index >= 15 is 0 Å². The molecule has 0 atom stereocenters. The molecule has 1 N–H and O–H groups in total. The Balaban J connectivity index is 3.56. The van der Waals surface area contributed by atoms with Crippen molar-refractivity contribution in [3.63, 3.8) is 0 Å². The predicted molar refractivity (Wildman–Crippen MR) is 58.2 cm³/mol. The van der Waals surface area contributed by atoms with Gasteiger partial charge in [0.25, 0.3) is 5.56 Å². The minimum Gasteiger partial charge on any atom is -0.494 e. The lowest BCUT2D eigenvalue weighted by atomic mass is 10.1. The first-order chi connectivity index (χ1) is 7.77. The van der Waals surface area contributed by atoms with Crippen molar-refractivity contribution in [3.05, 3.63) is 26.4 Å². The van der Waals surface area contributed by atoms with Crippen LogP contribution in [0.3, 0.4) is 0 Å². The summed E-state index contributed by atoms with van der Waals surface area (Å²) >= 11 is 0. The SMILES string of the molecule is CC(=O)CC(=O)c1c(O)n(C)c(=O)n(C)c1=O. The Morgan fingerprint density at radius 2 is 1.71 bits per heavy atom. The van der Waals surface area contributed by atoms with Gasteiger partial charge in [0.1, 0.15) is 11.3 Å². The second-order valence-corrected chi connectivity index (χ2v) is 3.71. The molecule has 0 bridgehead atoms. The maximum atomic E-state index is 11.6. The molecule has 0 fully saturated rings. The summed E-state index contributed by atoms with van der Waals surface area (Å²) in [6, 6.07) is 0. The lowest BCUT2D eigenvalue weighted by Crippen LogP contribution is -2.40. The molecular formula is C10H12N2O5. The summed E-state index contributed by atoms with van der Waals surface area (Å²) in [5.74, 6) is -1.94. The van der Waals surface area contributed by atoms with Crippen LogP contribution in [0.2, 0.25) is 0 Å². The number of aromatic nitrogens is 2. The van der Waals surface area contributed by atoms with Gasteiger partial charge in [0.2, 0.25) is 5.88 Å². The Hall–Kier alpha value is -2.18. The summed E-state index contributed by atoms with van der Waals surface area (Å²) in [4.78, 5) is 45.4. The molecule has 1 aromatic rings. The minimum atomic E-state index is -0.906. The monoisotopic (exact) mass is 240 g/mol. The largest absolute Gasteiger partial charge is 0.494 e. The standard InChI is InChI=1S/C10H12N2O5/c1-5(13)4-6(14)7-8(15)11(2)10(17)12(3)9(7)16/h15H,4H2,1-3H3. The molecule has 17 heavy (non-hydrogen) atoms. The van der Waals surface area contributed by atoms with E-state index in [9.17, 15) is 24.3 Å². The van der Waals surface area contributed by atoms with E-state index in [2.05, 4.69) is 0 Å². The van der Waals surface area contributed by atoms with Crippen LogP contribution in [0, 0.1) is 0 Å². The molecule has 1 rings (SSSR count). The van der Waals surface area contributed by atoms with Crippen molar-refractivity contribution in [2.75, 3.05) is 0 Å². The van der Waals surface area contributed by atoms with Gasteiger partial charge in [0, 0.05) is 14.1 Å². The van der Waals surface area contributed by atoms with Gasteiger partial charge in [-0.25, -0.2) is 4.79 Å². The van der Waals surface area contributed by atoms with Gasteiger partial charge >= 0.3 is 5.69 Å². The van der Waals surface area contributed by atoms with Gasteiger partial charge in [-0.05, 0) is 6.92 Å². The summed E-state index contributed by atoms with van der Waals surface area (Å²) in [6.45, 7) is 1.20. The first kappa shape index (κ1) is 12.9. The number of carbonyl (C=O) groups excluding carboxylic acids is 2. The highest BCUT2D eigenvalue weighted by molar-refractivity contribution is 6.08. The van der Waals surface area contributed by atoms with E-state index in [0.717, 1.165) is 4.57 Å². The van der Waals surface area contributed by atoms with Crippen LogP contribution in [0.25, 0.3) is 0 Å². The smallest absolute Gasteiger partial charge is 0.333 e. The highest BCUT2D eigenvalue weighted by Crippen LogP contribution is 2.11. The van der Waals surface area contributed by atoms with Crippen LogP contribution in [-0.4, -0.2) is 25.8 Å². The van der Waals surface area contributed by atoms with Crippen LogP contribution >= 0.6 is 0 Å². The van der Waals surface area contributed by atoms with Gasteiger partial charge in [-0.3, -0.25) is 23.5 Å². The summed E-state index contributed by atoms with van der Waals surface area (Å²) in [5, 5.41) is 9.58. The summed E-state index contributed by atoms with van der Waals surface area (Å²) in [7, 11) is 2.41. The summed E-state index contributed by atoms with van der Waals surface area (Å²) in [6.07, 6.45) is -0.485. The third kappa shape index (κ3) is 2.17. The molecule has 7 heteroatoms. The zero-order valence-corrected chi connectivity index (χ0v) is 9.68. The number of Topliss-reactive ketones (excluding diaryl/α,β-unsaturated/α-hetero) is 2. The molecule has 0 aliphatic rings. The normalized spacial score (nSPS) is 10.3. The Labute approximate surface area is 95.9 Å². The molecule has 0 aliphatic heterocycles. The second-order valence-electron chi connectivity index (χ2n) is 3.71. The van der Waals surface area contributed by atoms with Crippen molar-refractivity contribution < 1.29 is 14.7 Å². The molecule has 0 aliphatic carbocycles. The molecule has 0 unspecified atom stereocenters. The zero-order chi connectivity index (χ0) is 13.3. The van der Waals surface area contributed by atoms with Crippen LogP contribution < -0.4 is 11.2 Å². The van der Waals surface area contributed by atoms with Crippen LogP contribution in [0.15, 0.2) is 9.59 Å². The average Bonchev–Trinajstić information content (AvgIpc) is 2.23. The number of ketones is 2. The van der Waals surface area contributed by atoms with Crippen molar-refractivity contribution in [1.82, 2.24) is 9.13 Å². The second kappa shape index (κ2) is 4.36. The first-order valence-corrected chi connectivity index (χ1v) is 4.79. The molecule has 7 nitrogen and oxygen atoms in total. The van der Waals surface area contributed by atoms with Crippen LogP contribution in [0.4, 0.5) is 0 Å². The average molecular weight is 240 g/mol. The number of carbonyl (C=O) groups is 2. The third-order valence-corrected chi connectivity index (χ3v) is 2.32. The Morgan fingerprint density at radius 3 is 2.18 bits per heavy atom. The van der Waals surface area contributed by atoms with Crippen LogP contribution in [0.1, 0.15) is 23.7 Å². The van der Waals surface area contributed by atoms with E-state index in [4.69, 9.17) is 0 Å². The van der Waals surface area contributed by atoms with E-state index in [1.807, 2.05) is 0 Å². The topological polar surface area (TPSA) is 98.4 Å². The number of rotatable bonds is 3. The molecule has 1 aromatic heterocycles. The maximum absolute atomic E-state index is 11.6.